The van der Waals surface area contributed by atoms with Gasteiger partial charge in [-0.25, -0.2) is 4.39 Å². The predicted octanol–water partition coefficient (Wildman–Crippen LogP) is 3.67. The first kappa shape index (κ1) is 17.5. The topological polar surface area (TPSA) is 102 Å². The lowest BCUT2D eigenvalue weighted by Gasteiger charge is -2.10. The first-order chi connectivity index (χ1) is 12.4. The van der Waals surface area contributed by atoms with Crippen LogP contribution in [0.5, 0.6) is 5.75 Å². The number of anilines is 1. The monoisotopic (exact) mass is 356 g/mol. The molecule has 0 radical (unpaired) electrons. The molecule has 0 unspecified atom stereocenters. The Kier molecular flexibility index (Phi) is 4.88. The predicted molar refractivity (Wildman–Crippen MR) is 94.9 cm³/mol. The number of aromatic amines is 1. The molecule has 0 aliphatic carbocycles. The third-order valence-corrected chi connectivity index (χ3v) is 4.03. The van der Waals surface area contributed by atoms with Gasteiger partial charge < -0.3 is 20.5 Å². The number of halogens is 1. The van der Waals surface area contributed by atoms with E-state index >= 15 is 0 Å². The number of aromatic hydroxyl groups is 1. The fourth-order valence-electron chi connectivity index (χ4n) is 2.74. The van der Waals surface area contributed by atoms with Gasteiger partial charge in [0, 0.05) is 17.3 Å². The number of carboxylic acid groups (broad SMARTS) is 1. The number of hydrogen-bond acceptors (Lipinski definition) is 3. The Morgan fingerprint density at radius 3 is 2.73 bits per heavy atom. The Morgan fingerprint density at radius 2 is 1.96 bits per heavy atom. The number of benzene rings is 2. The number of carbonyl (C=O) groups is 2. The smallest absolute Gasteiger partial charge is 0.303 e. The fraction of sp³-hybridized carbons (Fsp3) is 0.158. The number of hydrogen-bond donors (Lipinski definition) is 4. The minimum Gasteiger partial charge on any atom is -0.505 e. The first-order valence-electron chi connectivity index (χ1n) is 8.06. The van der Waals surface area contributed by atoms with E-state index < -0.39 is 17.7 Å². The summed E-state index contributed by atoms with van der Waals surface area (Å²) in [5.41, 5.74) is 1.65. The normalized spacial score (nSPS) is 10.8. The molecule has 26 heavy (non-hydrogen) atoms. The number of aromatic nitrogens is 1. The maximum atomic E-state index is 13.3. The third-order valence-electron chi connectivity index (χ3n) is 4.03. The van der Waals surface area contributed by atoms with Gasteiger partial charge in [-0.05, 0) is 48.7 Å². The standard InChI is InChI=1S/C19H17FN2O4/c20-13-7-8-14-12(9-13)10-16(21-14)19(26)22-15-5-1-3-11(18(15)25)4-2-6-17(23)24/h1,3,5,7-10,21,25H,2,4,6H2,(H,22,26)(H,23,24). The van der Waals surface area contributed by atoms with Crippen LogP contribution in [-0.4, -0.2) is 27.1 Å². The summed E-state index contributed by atoms with van der Waals surface area (Å²) in [7, 11) is 0. The lowest BCUT2D eigenvalue weighted by molar-refractivity contribution is -0.137. The van der Waals surface area contributed by atoms with Gasteiger partial charge in [0.05, 0.1) is 5.69 Å². The molecule has 1 amide bonds. The lowest BCUT2D eigenvalue weighted by atomic mass is 10.1. The van der Waals surface area contributed by atoms with Crippen LogP contribution in [-0.2, 0) is 11.2 Å². The highest BCUT2D eigenvalue weighted by Gasteiger charge is 2.14. The van der Waals surface area contributed by atoms with E-state index in [2.05, 4.69) is 10.3 Å². The van der Waals surface area contributed by atoms with Crippen molar-refractivity contribution in [3.05, 3.63) is 59.5 Å². The number of aryl methyl sites for hydroxylation is 1. The van der Waals surface area contributed by atoms with Crippen LogP contribution in [0.25, 0.3) is 10.9 Å². The van der Waals surface area contributed by atoms with Gasteiger partial charge in [-0.3, -0.25) is 9.59 Å². The van der Waals surface area contributed by atoms with E-state index in [1.165, 1.54) is 18.2 Å². The molecule has 0 atom stereocenters. The molecule has 0 bridgehead atoms. The highest BCUT2D eigenvalue weighted by Crippen LogP contribution is 2.29. The summed E-state index contributed by atoms with van der Waals surface area (Å²) < 4.78 is 13.3. The van der Waals surface area contributed by atoms with Crippen molar-refractivity contribution >= 4 is 28.5 Å². The van der Waals surface area contributed by atoms with E-state index in [0.29, 0.717) is 29.3 Å². The molecule has 0 fully saturated rings. The van der Waals surface area contributed by atoms with Gasteiger partial charge in [0.15, 0.2) is 0 Å². The van der Waals surface area contributed by atoms with Gasteiger partial charge in [0.25, 0.3) is 5.91 Å². The van der Waals surface area contributed by atoms with Crippen molar-refractivity contribution in [1.29, 1.82) is 0 Å². The second kappa shape index (κ2) is 7.26. The number of aliphatic carboxylic acids is 1. The van der Waals surface area contributed by atoms with Gasteiger partial charge in [-0.2, -0.15) is 0 Å². The second-order valence-corrected chi connectivity index (χ2v) is 5.93. The summed E-state index contributed by atoms with van der Waals surface area (Å²) in [5.74, 6) is -1.85. The van der Waals surface area contributed by atoms with Gasteiger partial charge in [0.2, 0.25) is 0 Å². The molecule has 0 saturated carbocycles. The Bertz CT molecular complexity index is 981. The van der Waals surface area contributed by atoms with Crippen LogP contribution in [0.4, 0.5) is 10.1 Å². The summed E-state index contributed by atoms with van der Waals surface area (Å²) in [5, 5.41) is 22.2. The number of rotatable bonds is 6. The molecule has 0 aliphatic heterocycles. The number of nitrogens with one attached hydrogen (secondary N) is 2. The van der Waals surface area contributed by atoms with Crippen LogP contribution in [0.15, 0.2) is 42.5 Å². The molecule has 0 aliphatic rings. The van der Waals surface area contributed by atoms with Crippen LogP contribution >= 0.6 is 0 Å². The van der Waals surface area contributed by atoms with Crippen LogP contribution in [0, 0.1) is 5.82 Å². The number of carbonyl (C=O) groups excluding carboxylic acids is 1. The lowest BCUT2D eigenvalue weighted by Crippen LogP contribution is -2.12. The Morgan fingerprint density at radius 1 is 1.15 bits per heavy atom. The Balaban J connectivity index is 1.76. The average Bonchev–Trinajstić information content (AvgIpc) is 3.01. The summed E-state index contributed by atoms with van der Waals surface area (Å²) in [4.78, 5) is 25.9. The number of para-hydroxylation sites is 1. The van der Waals surface area contributed by atoms with Crippen molar-refractivity contribution in [1.82, 2.24) is 4.98 Å². The first-order valence-corrected chi connectivity index (χ1v) is 8.06. The summed E-state index contributed by atoms with van der Waals surface area (Å²) in [6.45, 7) is 0. The quantitative estimate of drug-likeness (QED) is 0.506. The minimum atomic E-state index is -0.899. The number of phenols is 1. The maximum absolute atomic E-state index is 13.3. The molecule has 0 spiro atoms. The molecule has 134 valence electrons. The number of amides is 1. The molecule has 1 heterocycles. The molecule has 6 nitrogen and oxygen atoms in total. The largest absolute Gasteiger partial charge is 0.505 e. The molecule has 3 aromatic rings. The maximum Gasteiger partial charge on any atom is 0.303 e. The van der Waals surface area contributed by atoms with Crippen LogP contribution in [0.1, 0.15) is 28.9 Å². The van der Waals surface area contributed by atoms with Gasteiger partial charge in [-0.15, -0.1) is 0 Å². The van der Waals surface area contributed by atoms with E-state index in [9.17, 15) is 19.1 Å². The SMILES string of the molecule is O=C(O)CCCc1cccc(NC(=O)c2cc3cc(F)ccc3[nH]2)c1O. The van der Waals surface area contributed by atoms with Crippen LogP contribution in [0.2, 0.25) is 0 Å². The summed E-state index contributed by atoms with van der Waals surface area (Å²) >= 11 is 0. The third kappa shape index (κ3) is 3.83. The molecule has 0 saturated heterocycles. The number of fused-ring (bicyclic) bond motifs is 1. The molecule has 2 aromatic carbocycles. The highest BCUT2D eigenvalue weighted by molar-refractivity contribution is 6.06. The highest BCUT2D eigenvalue weighted by atomic mass is 19.1. The average molecular weight is 356 g/mol. The zero-order valence-electron chi connectivity index (χ0n) is 13.8. The second-order valence-electron chi connectivity index (χ2n) is 5.93. The van der Waals surface area contributed by atoms with E-state index in [1.807, 2.05) is 0 Å². The summed E-state index contributed by atoms with van der Waals surface area (Å²) in [6, 6.07) is 10.6. The van der Waals surface area contributed by atoms with E-state index in [4.69, 9.17) is 5.11 Å². The number of carboxylic acids is 1. The molecule has 3 rings (SSSR count). The van der Waals surface area contributed by atoms with Crippen LogP contribution in [0.3, 0.4) is 0 Å². The van der Waals surface area contributed by atoms with Crippen molar-refractivity contribution < 1.29 is 24.2 Å². The zero-order valence-corrected chi connectivity index (χ0v) is 13.8. The Labute approximate surface area is 148 Å². The molecular weight excluding hydrogens is 339 g/mol. The van der Waals surface area contributed by atoms with Crippen molar-refractivity contribution in [3.8, 4) is 5.75 Å². The molecule has 4 N–H and O–H groups in total. The van der Waals surface area contributed by atoms with Crippen LogP contribution < -0.4 is 5.32 Å². The van der Waals surface area contributed by atoms with Gasteiger partial charge in [-0.1, -0.05) is 12.1 Å². The van der Waals surface area contributed by atoms with Crippen molar-refractivity contribution in [2.24, 2.45) is 0 Å². The molecule has 7 heteroatoms. The van der Waals surface area contributed by atoms with E-state index in [-0.39, 0.29) is 23.6 Å². The van der Waals surface area contributed by atoms with Gasteiger partial charge >= 0.3 is 5.97 Å². The zero-order chi connectivity index (χ0) is 18.7. The number of phenolic OH excluding ortho intramolecular Hbond substituents is 1. The molecule has 1 aromatic heterocycles. The number of H-pyrrole nitrogens is 1. The minimum absolute atomic E-state index is 0.00164. The Hall–Kier alpha value is -3.35. The molecular formula is C19H17FN2O4. The van der Waals surface area contributed by atoms with E-state index in [0.717, 1.165) is 0 Å². The van der Waals surface area contributed by atoms with E-state index in [1.54, 1.807) is 24.3 Å². The summed E-state index contributed by atoms with van der Waals surface area (Å²) in [6.07, 6.45) is 0.767. The van der Waals surface area contributed by atoms with Crippen molar-refractivity contribution in [2.75, 3.05) is 5.32 Å². The fourth-order valence-corrected chi connectivity index (χ4v) is 2.74. The van der Waals surface area contributed by atoms with Gasteiger partial charge in [0.1, 0.15) is 17.3 Å². The van der Waals surface area contributed by atoms with Crippen molar-refractivity contribution in [3.63, 3.8) is 0 Å². The van der Waals surface area contributed by atoms with Crippen molar-refractivity contribution in [2.45, 2.75) is 19.3 Å².